The van der Waals surface area contributed by atoms with Crippen molar-refractivity contribution < 1.29 is 14.1 Å². The Bertz CT molecular complexity index is 1060. The monoisotopic (exact) mass is 423 g/mol. The van der Waals surface area contributed by atoms with Crippen molar-refractivity contribution in [2.24, 2.45) is 7.05 Å². The molecule has 1 atom stereocenters. The summed E-state index contributed by atoms with van der Waals surface area (Å²) < 4.78 is 13.3. The molecule has 4 rings (SSSR count). The van der Waals surface area contributed by atoms with Gasteiger partial charge in [-0.3, -0.25) is 9.48 Å². The van der Waals surface area contributed by atoms with E-state index >= 15 is 0 Å². The first-order valence-electron chi connectivity index (χ1n) is 10.7. The zero-order valence-corrected chi connectivity index (χ0v) is 18.5. The molecule has 1 fully saturated rings. The summed E-state index contributed by atoms with van der Waals surface area (Å²) in [5, 5.41) is 14.7. The van der Waals surface area contributed by atoms with Gasteiger partial charge in [-0.15, -0.1) is 0 Å². The lowest BCUT2D eigenvalue weighted by molar-refractivity contribution is 0.102. The predicted molar refractivity (Wildman–Crippen MR) is 118 cm³/mol. The second kappa shape index (κ2) is 8.93. The van der Waals surface area contributed by atoms with Crippen LogP contribution in [0.2, 0.25) is 0 Å². The molecule has 2 aromatic heterocycles. The van der Waals surface area contributed by atoms with Gasteiger partial charge in [0, 0.05) is 30.0 Å². The lowest BCUT2D eigenvalue weighted by Gasteiger charge is -2.24. The standard InChI is InChI=1S/C23H29N5O3/c1-14-22(16(3)31-27-14)19-11-17(26-23(29)20-12-25-28(4)15(20)2)8-9-21(19)30-13-18-7-5-6-10-24-18/h8-9,11-12,18,24H,5-7,10,13H2,1-4H3,(H,26,29). The molecule has 164 valence electrons. The number of benzene rings is 1. The van der Waals surface area contributed by atoms with Gasteiger partial charge < -0.3 is 19.9 Å². The quantitative estimate of drug-likeness (QED) is 0.627. The molecular weight excluding hydrogens is 394 g/mol. The molecule has 1 saturated heterocycles. The fraction of sp³-hybridized carbons (Fsp3) is 0.435. The van der Waals surface area contributed by atoms with Gasteiger partial charge in [-0.25, -0.2) is 0 Å². The van der Waals surface area contributed by atoms with Crippen LogP contribution in [-0.2, 0) is 7.05 Å². The Balaban J connectivity index is 1.61. The van der Waals surface area contributed by atoms with Crippen molar-refractivity contribution in [3.63, 3.8) is 0 Å². The smallest absolute Gasteiger partial charge is 0.259 e. The number of anilines is 1. The Kier molecular flexibility index (Phi) is 6.08. The van der Waals surface area contributed by atoms with E-state index in [2.05, 4.69) is 20.9 Å². The SMILES string of the molecule is Cc1noc(C)c1-c1cc(NC(=O)c2cnn(C)c2C)ccc1OCC1CCCCN1. The zero-order chi connectivity index (χ0) is 22.0. The maximum Gasteiger partial charge on any atom is 0.259 e. The van der Waals surface area contributed by atoms with Crippen molar-refractivity contribution in [3.05, 3.63) is 47.1 Å². The molecule has 1 aliphatic rings. The molecule has 1 aromatic carbocycles. The summed E-state index contributed by atoms with van der Waals surface area (Å²) in [6.07, 6.45) is 5.12. The lowest BCUT2D eigenvalue weighted by Crippen LogP contribution is -2.38. The van der Waals surface area contributed by atoms with Crippen LogP contribution in [0.5, 0.6) is 5.75 Å². The number of carbonyl (C=O) groups is 1. The molecule has 8 heteroatoms. The first kappa shape index (κ1) is 21.1. The van der Waals surface area contributed by atoms with E-state index in [-0.39, 0.29) is 5.91 Å². The van der Waals surface area contributed by atoms with E-state index in [9.17, 15) is 4.79 Å². The molecule has 0 bridgehead atoms. The highest BCUT2D eigenvalue weighted by Crippen LogP contribution is 2.37. The largest absolute Gasteiger partial charge is 0.491 e. The highest BCUT2D eigenvalue weighted by Gasteiger charge is 2.20. The molecule has 0 radical (unpaired) electrons. The molecule has 0 aliphatic carbocycles. The second-order valence-corrected chi connectivity index (χ2v) is 8.09. The number of hydrogen-bond donors (Lipinski definition) is 2. The van der Waals surface area contributed by atoms with Crippen LogP contribution in [0.1, 0.15) is 46.8 Å². The van der Waals surface area contributed by atoms with Gasteiger partial charge in [0.15, 0.2) is 0 Å². The third-order valence-corrected chi connectivity index (χ3v) is 5.87. The van der Waals surface area contributed by atoms with Crippen molar-refractivity contribution in [3.8, 4) is 16.9 Å². The highest BCUT2D eigenvalue weighted by atomic mass is 16.5. The van der Waals surface area contributed by atoms with Crippen LogP contribution in [0, 0.1) is 20.8 Å². The van der Waals surface area contributed by atoms with E-state index in [4.69, 9.17) is 9.26 Å². The van der Waals surface area contributed by atoms with Crippen molar-refractivity contribution in [2.75, 3.05) is 18.5 Å². The van der Waals surface area contributed by atoms with E-state index < -0.39 is 0 Å². The molecular formula is C23H29N5O3. The fourth-order valence-corrected chi connectivity index (χ4v) is 3.97. The van der Waals surface area contributed by atoms with Crippen molar-refractivity contribution in [2.45, 2.75) is 46.1 Å². The molecule has 0 saturated carbocycles. The summed E-state index contributed by atoms with van der Waals surface area (Å²) in [6.45, 7) is 7.28. The van der Waals surface area contributed by atoms with E-state index in [1.165, 1.54) is 12.8 Å². The minimum atomic E-state index is -0.199. The molecule has 8 nitrogen and oxygen atoms in total. The third kappa shape index (κ3) is 4.49. The van der Waals surface area contributed by atoms with Crippen LogP contribution in [0.4, 0.5) is 5.69 Å². The molecule has 3 aromatic rings. The molecule has 1 aliphatic heterocycles. The third-order valence-electron chi connectivity index (χ3n) is 5.87. The van der Waals surface area contributed by atoms with Gasteiger partial charge in [0.2, 0.25) is 0 Å². The van der Waals surface area contributed by atoms with Crippen LogP contribution in [-0.4, -0.2) is 40.0 Å². The van der Waals surface area contributed by atoms with E-state index in [1.807, 2.05) is 46.0 Å². The summed E-state index contributed by atoms with van der Waals surface area (Å²) in [7, 11) is 1.81. The van der Waals surface area contributed by atoms with Crippen LogP contribution in [0.15, 0.2) is 28.9 Å². The van der Waals surface area contributed by atoms with Gasteiger partial charge in [-0.05, 0) is 58.4 Å². The minimum absolute atomic E-state index is 0.199. The van der Waals surface area contributed by atoms with Crippen LogP contribution >= 0.6 is 0 Å². The molecule has 3 heterocycles. The lowest BCUT2D eigenvalue weighted by atomic mass is 10.0. The van der Waals surface area contributed by atoms with Gasteiger partial charge >= 0.3 is 0 Å². The first-order valence-corrected chi connectivity index (χ1v) is 10.7. The van der Waals surface area contributed by atoms with Crippen molar-refractivity contribution in [1.29, 1.82) is 0 Å². The summed E-state index contributed by atoms with van der Waals surface area (Å²) in [4.78, 5) is 12.8. The molecule has 1 amide bonds. The summed E-state index contributed by atoms with van der Waals surface area (Å²) in [5.41, 5.74) is 4.55. The number of hydrogen-bond acceptors (Lipinski definition) is 6. The number of piperidine rings is 1. The molecule has 1 unspecified atom stereocenters. The Morgan fingerprint density at radius 1 is 1.32 bits per heavy atom. The second-order valence-electron chi connectivity index (χ2n) is 8.09. The predicted octanol–water partition coefficient (Wildman–Crippen LogP) is 3.77. The fourth-order valence-electron chi connectivity index (χ4n) is 3.97. The van der Waals surface area contributed by atoms with Crippen LogP contribution in [0.25, 0.3) is 11.1 Å². The average molecular weight is 424 g/mol. The van der Waals surface area contributed by atoms with Gasteiger partial charge in [-0.1, -0.05) is 11.6 Å². The van der Waals surface area contributed by atoms with Crippen LogP contribution < -0.4 is 15.4 Å². The number of nitrogens with one attached hydrogen (secondary N) is 2. The summed E-state index contributed by atoms with van der Waals surface area (Å²) >= 11 is 0. The summed E-state index contributed by atoms with van der Waals surface area (Å²) in [6, 6.07) is 6.02. The molecule has 0 spiro atoms. The van der Waals surface area contributed by atoms with Gasteiger partial charge in [0.05, 0.1) is 23.0 Å². The number of aryl methyl sites for hydroxylation is 3. The number of rotatable bonds is 6. The highest BCUT2D eigenvalue weighted by molar-refractivity contribution is 6.05. The van der Waals surface area contributed by atoms with Gasteiger partial charge in [0.1, 0.15) is 18.1 Å². The zero-order valence-electron chi connectivity index (χ0n) is 18.5. The topological polar surface area (TPSA) is 94.2 Å². The summed E-state index contributed by atoms with van der Waals surface area (Å²) in [5.74, 6) is 1.26. The molecule has 2 N–H and O–H groups in total. The Hall–Kier alpha value is -3.13. The molecule has 31 heavy (non-hydrogen) atoms. The number of nitrogens with zero attached hydrogens (tertiary/aromatic N) is 3. The van der Waals surface area contributed by atoms with Crippen molar-refractivity contribution >= 4 is 11.6 Å². The van der Waals surface area contributed by atoms with E-state index in [1.54, 1.807) is 10.9 Å². The number of aromatic nitrogens is 3. The van der Waals surface area contributed by atoms with Crippen LogP contribution in [0.3, 0.4) is 0 Å². The van der Waals surface area contributed by atoms with Crippen molar-refractivity contribution in [1.82, 2.24) is 20.3 Å². The Morgan fingerprint density at radius 3 is 2.81 bits per heavy atom. The van der Waals surface area contributed by atoms with E-state index in [0.717, 1.165) is 41.2 Å². The van der Waals surface area contributed by atoms with E-state index in [0.29, 0.717) is 29.7 Å². The number of carbonyl (C=O) groups excluding carboxylic acids is 1. The minimum Gasteiger partial charge on any atom is -0.491 e. The van der Waals surface area contributed by atoms with Gasteiger partial charge in [0.25, 0.3) is 5.91 Å². The Labute approximate surface area is 182 Å². The maximum absolute atomic E-state index is 12.8. The normalized spacial score (nSPS) is 16.3. The maximum atomic E-state index is 12.8. The first-order chi connectivity index (χ1) is 14.9. The average Bonchev–Trinajstić information content (AvgIpc) is 3.28. The number of ether oxygens (including phenoxy) is 1. The Morgan fingerprint density at radius 2 is 2.16 bits per heavy atom. The number of amides is 1. The van der Waals surface area contributed by atoms with Gasteiger partial charge in [-0.2, -0.15) is 5.10 Å².